The Balaban J connectivity index is 0.000000153. The molecule has 2 bridgehead atoms. The number of hydrogen-bond donors (Lipinski definition) is 2. The Morgan fingerprint density at radius 1 is 1.40 bits per heavy atom. The van der Waals surface area contributed by atoms with Crippen LogP contribution >= 0.6 is 0 Å². The topological polar surface area (TPSA) is 52.6 Å². The van der Waals surface area contributed by atoms with E-state index in [0.717, 1.165) is 12.1 Å². The van der Waals surface area contributed by atoms with Gasteiger partial charge in [-0.3, -0.25) is 4.90 Å². The Bertz CT molecular complexity index is 231. The molecular weight excluding hydrogens is 213 g/mol. The number of carboxylic acids is 1. The highest BCUT2D eigenvalue weighted by atomic mass is 19.4. The summed E-state index contributed by atoms with van der Waals surface area (Å²) in [5, 5.41) is 10.5. The van der Waals surface area contributed by atoms with E-state index in [1.165, 1.54) is 19.5 Å². The average Bonchev–Trinajstić information content (AvgIpc) is 2.17. The van der Waals surface area contributed by atoms with E-state index in [9.17, 15) is 13.2 Å². The van der Waals surface area contributed by atoms with Crippen LogP contribution in [-0.4, -0.2) is 54.4 Å². The number of rotatable bonds is 0. The van der Waals surface area contributed by atoms with Crippen molar-refractivity contribution in [3.8, 4) is 0 Å². The number of alkyl halides is 3. The van der Waals surface area contributed by atoms with E-state index in [0.29, 0.717) is 0 Å². The molecular formula is C8H13F3N2O2. The number of piperazine rings is 1. The van der Waals surface area contributed by atoms with Crippen molar-refractivity contribution in [2.45, 2.75) is 24.7 Å². The summed E-state index contributed by atoms with van der Waals surface area (Å²) in [5.74, 6) is -2.76. The maximum Gasteiger partial charge on any atom is 0.490 e. The van der Waals surface area contributed by atoms with Gasteiger partial charge >= 0.3 is 12.1 Å². The Morgan fingerprint density at radius 2 is 1.80 bits per heavy atom. The number of likely N-dealkylation sites (N-methyl/N-ethyl adjacent to an activating group) is 1. The molecule has 7 heteroatoms. The normalized spacial score (nSPS) is 29.9. The van der Waals surface area contributed by atoms with Crippen LogP contribution in [0, 0.1) is 0 Å². The molecule has 3 rings (SSSR count). The number of aliphatic carboxylic acids is 1. The molecule has 15 heavy (non-hydrogen) atoms. The first-order valence-electron chi connectivity index (χ1n) is 4.55. The molecule has 0 aromatic rings. The monoisotopic (exact) mass is 226 g/mol. The van der Waals surface area contributed by atoms with Crippen LogP contribution < -0.4 is 5.32 Å². The Labute approximate surface area is 85.1 Å². The number of fused-ring (bicyclic) bond motifs is 2. The minimum Gasteiger partial charge on any atom is -0.475 e. The van der Waals surface area contributed by atoms with Gasteiger partial charge in [0.2, 0.25) is 0 Å². The number of nitrogens with one attached hydrogen (secondary N) is 1. The number of halogens is 3. The van der Waals surface area contributed by atoms with Crippen LogP contribution in [-0.2, 0) is 4.79 Å². The number of nitrogens with zero attached hydrogens (tertiary/aromatic N) is 1. The SMILES string of the molecule is CN1C2CNCC1C2.O=C(O)C(F)(F)F. The maximum absolute atomic E-state index is 10.6. The highest BCUT2D eigenvalue weighted by molar-refractivity contribution is 5.73. The zero-order valence-electron chi connectivity index (χ0n) is 8.21. The van der Waals surface area contributed by atoms with Gasteiger partial charge in [-0.05, 0) is 13.5 Å². The first-order chi connectivity index (χ1) is 6.82. The lowest BCUT2D eigenvalue weighted by atomic mass is 9.90. The number of carbonyl (C=O) groups is 1. The molecule has 0 aromatic heterocycles. The van der Waals surface area contributed by atoms with Crippen molar-refractivity contribution in [1.29, 1.82) is 0 Å². The standard InChI is InChI=1S/C6H12N2.C2HF3O2/c1-8-5-2-6(8)4-7-3-5;3-2(4,5)1(6)7/h5-7H,2-4H2,1H3;(H,6,7). The van der Waals surface area contributed by atoms with Gasteiger partial charge < -0.3 is 10.4 Å². The predicted octanol–water partition coefficient (Wildman–Crippen LogP) is 0.296. The fourth-order valence-corrected chi connectivity index (χ4v) is 1.68. The molecule has 2 unspecified atom stereocenters. The van der Waals surface area contributed by atoms with Gasteiger partial charge in [0.1, 0.15) is 0 Å². The maximum atomic E-state index is 10.6. The van der Waals surface area contributed by atoms with Gasteiger partial charge in [0, 0.05) is 25.2 Å². The van der Waals surface area contributed by atoms with Crippen LogP contribution in [0.5, 0.6) is 0 Å². The second kappa shape index (κ2) is 4.36. The first kappa shape index (κ1) is 12.3. The lowest BCUT2D eigenvalue weighted by Crippen LogP contribution is -2.66. The molecule has 88 valence electrons. The van der Waals surface area contributed by atoms with Gasteiger partial charge in [0.15, 0.2) is 0 Å². The molecule has 0 spiro atoms. The van der Waals surface area contributed by atoms with Crippen molar-refractivity contribution in [3.05, 3.63) is 0 Å². The predicted molar refractivity (Wildman–Crippen MR) is 46.5 cm³/mol. The molecule has 3 saturated heterocycles. The molecule has 0 amide bonds. The molecule has 3 heterocycles. The summed E-state index contributed by atoms with van der Waals surface area (Å²) in [6, 6.07) is 1.74. The third-order valence-electron chi connectivity index (χ3n) is 2.70. The van der Waals surface area contributed by atoms with Crippen LogP contribution in [0.1, 0.15) is 6.42 Å². The van der Waals surface area contributed by atoms with E-state index < -0.39 is 12.1 Å². The van der Waals surface area contributed by atoms with Gasteiger partial charge in [-0.1, -0.05) is 0 Å². The fourth-order valence-electron chi connectivity index (χ4n) is 1.68. The van der Waals surface area contributed by atoms with Crippen molar-refractivity contribution in [2.24, 2.45) is 0 Å². The Kier molecular flexibility index (Phi) is 3.56. The average molecular weight is 226 g/mol. The third kappa shape index (κ3) is 3.07. The van der Waals surface area contributed by atoms with E-state index in [-0.39, 0.29) is 0 Å². The lowest BCUT2D eigenvalue weighted by molar-refractivity contribution is -0.192. The Morgan fingerprint density at radius 3 is 1.93 bits per heavy atom. The number of carboxylic acid groups (broad SMARTS) is 1. The van der Waals surface area contributed by atoms with Crippen molar-refractivity contribution in [2.75, 3.05) is 20.1 Å². The van der Waals surface area contributed by atoms with Crippen molar-refractivity contribution in [3.63, 3.8) is 0 Å². The summed E-state index contributed by atoms with van der Waals surface area (Å²) in [5.41, 5.74) is 0. The van der Waals surface area contributed by atoms with E-state index in [1.807, 2.05) is 0 Å². The fraction of sp³-hybridized carbons (Fsp3) is 0.875. The molecule has 0 saturated carbocycles. The molecule has 2 N–H and O–H groups in total. The summed E-state index contributed by atoms with van der Waals surface area (Å²) in [4.78, 5) is 11.4. The van der Waals surface area contributed by atoms with Gasteiger partial charge in [-0.25, -0.2) is 4.79 Å². The van der Waals surface area contributed by atoms with Crippen LogP contribution in [0.25, 0.3) is 0 Å². The molecule has 0 aromatic carbocycles. The molecule has 3 aliphatic heterocycles. The molecule has 3 aliphatic rings. The quantitative estimate of drug-likeness (QED) is 0.623. The highest BCUT2D eigenvalue weighted by Crippen LogP contribution is 2.25. The van der Waals surface area contributed by atoms with E-state index in [1.54, 1.807) is 0 Å². The molecule has 0 aliphatic carbocycles. The molecule has 4 nitrogen and oxygen atoms in total. The first-order valence-corrected chi connectivity index (χ1v) is 4.55. The smallest absolute Gasteiger partial charge is 0.475 e. The van der Waals surface area contributed by atoms with Gasteiger partial charge in [-0.15, -0.1) is 0 Å². The molecule has 3 fully saturated rings. The van der Waals surface area contributed by atoms with Crippen LogP contribution in [0.4, 0.5) is 13.2 Å². The second-order valence-electron chi connectivity index (χ2n) is 3.67. The minimum absolute atomic E-state index is 0.869. The van der Waals surface area contributed by atoms with Gasteiger partial charge in [-0.2, -0.15) is 13.2 Å². The largest absolute Gasteiger partial charge is 0.490 e. The summed E-state index contributed by atoms with van der Waals surface area (Å²) in [6.07, 6.45) is -3.65. The number of piperidine rings is 1. The van der Waals surface area contributed by atoms with E-state index >= 15 is 0 Å². The summed E-state index contributed by atoms with van der Waals surface area (Å²) in [7, 11) is 2.22. The number of hydrogen-bond acceptors (Lipinski definition) is 3. The summed E-state index contributed by atoms with van der Waals surface area (Å²) >= 11 is 0. The lowest BCUT2D eigenvalue weighted by Gasteiger charge is -2.51. The van der Waals surface area contributed by atoms with Crippen LogP contribution in [0.2, 0.25) is 0 Å². The van der Waals surface area contributed by atoms with Gasteiger partial charge in [0.25, 0.3) is 0 Å². The van der Waals surface area contributed by atoms with Gasteiger partial charge in [0.05, 0.1) is 0 Å². The van der Waals surface area contributed by atoms with E-state index in [2.05, 4.69) is 17.3 Å². The van der Waals surface area contributed by atoms with Crippen LogP contribution in [0.3, 0.4) is 0 Å². The van der Waals surface area contributed by atoms with Crippen molar-refractivity contribution in [1.82, 2.24) is 10.2 Å². The zero-order valence-corrected chi connectivity index (χ0v) is 8.21. The molecule has 0 radical (unpaired) electrons. The second-order valence-corrected chi connectivity index (χ2v) is 3.67. The summed E-state index contributed by atoms with van der Waals surface area (Å²) in [6.45, 7) is 2.43. The zero-order chi connectivity index (χ0) is 11.6. The van der Waals surface area contributed by atoms with Crippen molar-refractivity contribution < 1.29 is 23.1 Å². The third-order valence-corrected chi connectivity index (χ3v) is 2.70. The minimum atomic E-state index is -5.08. The van der Waals surface area contributed by atoms with E-state index in [4.69, 9.17) is 9.90 Å². The molecule has 2 atom stereocenters. The highest BCUT2D eigenvalue weighted by Gasteiger charge is 2.38. The summed E-state index contributed by atoms with van der Waals surface area (Å²) < 4.78 is 31.7. The Hall–Kier alpha value is -0.820. The van der Waals surface area contributed by atoms with Crippen LogP contribution in [0.15, 0.2) is 0 Å². The van der Waals surface area contributed by atoms with Crippen molar-refractivity contribution >= 4 is 5.97 Å².